The Hall–Kier alpha value is 0.760. The summed E-state index contributed by atoms with van der Waals surface area (Å²) in [7, 11) is 0. The molecule has 1 aromatic rings. The van der Waals surface area contributed by atoms with Gasteiger partial charge in [0.25, 0.3) is 0 Å². The quantitative estimate of drug-likeness (QED) is 0.407. The van der Waals surface area contributed by atoms with E-state index < -0.39 is 0 Å². The molecule has 10 heavy (non-hydrogen) atoms. The van der Waals surface area contributed by atoms with E-state index in [4.69, 9.17) is 0 Å². The monoisotopic (exact) mass is 381 g/mol. The Labute approximate surface area is 94.7 Å². The Bertz CT molecular complexity index is 88.8. The molecule has 0 spiro atoms. The van der Waals surface area contributed by atoms with Crippen LogP contribution in [0, 0.1) is 0 Å². The molecule has 0 aliphatic carbocycles. The van der Waals surface area contributed by atoms with Crippen molar-refractivity contribution in [2.75, 3.05) is 0 Å². The third kappa shape index (κ3) is 11.5. The van der Waals surface area contributed by atoms with Crippen molar-refractivity contribution in [1.29, 1.82) is 0 Å². The van der Waals surface area contributed by atoms with Gasteiger partial charge in [0.2, 0.25) is 0 Å². The zero-order valence-electron chi connectivity index (χ0n) is 4.77. The molecule has 0 radical (unpaired) electrons. The van der Waals surface area contributed by atoms with Gasteiger partial charge < -0.3 is 37.2 Å². The fourth-order valence-electron chi connectivity index (χ4n) is 0.313. The zero-order chi connectivity index (χ0) is 4.24. The first-order valence-electron chi connectivity index (χ1n) is 1.85. The summed E-state index contributed by atoms with van der Waals surface area (Å²) in [6.07, 6.45) is 3.50. The summed E-state index contributed by atoms with van der Waals surface area (Å²) in [6, 6.07) is 5.72. The maximum absolute atomic E-state index is 3.78. The van der Waals surface area contributed by atoms with Crippen LogP contribution in [-0.2, 0) is 22.4 Å². The van der Waals surface area contributed by atoms with Gasteiger partial charge in [-0.25, -0.2) is 0 Å². The Morgan fingerprint density at radius 2 is 1.10 bits per heavy atom. The molecule has 1 rings (SSSR count). The maximum Gasteiger partial charge on any atom is 3.00 e. The van der Waals surface area contributed by atoms with E-state index in [0.29, 0.717) is 0 Å². The summed E-state index contributed by atoms with van der Waals surface area (Å²) >= 11 is 0. The number of halogens is 3. The number of pyridine rings is 1. The molecule has 0 fully saturated rings. The molecule has 5 heteroatoms. The van der Waals surface area contributed by atoms with Crippen LogP contribution in [0.5, 0.6) is 0 Å². The summed E-state index contributed by atoms with van der Waals surface area (Å²) in [5.41, 5.74) is 0. The van der Waals surface area contributed by atoms with Gasteiger partial charge in [-0.2, -0.15) is 0 Å². The first kappa shape index (κ1) is 22.4. The van der Waals surface area contributed by atoms with Crippen LogP contribution >= 0.6 is 0 Å². The maximum atomic E-state index is 3.78. The predicted octanol–water partition coefficient (Wildman–Crippen LogP) is -7.91. The van der Waals surface area contributed by atoms with Gasteiger partial charge in [-0.1, -0.05) is 6.07 Å². The van der Waals surface area contributed by atoms with Gasteiger partial charge in [-0.15, -0.1) is 0 Å². The molecule has 0 amide bonds. The first-order chi connectivity index (χ1) is 3.00. The zero-order valence-corrected chi connectivity index (χ0v) is 9.20. The van der Waals surface area contributed by atoms with E-state index in [9.17, 15) is 0 Å². The van der Waals surface area contributed by atoms with Crippen LogP contribution in [-0.4, -0.2) is 4.98 Å². The van der Waals surface area contributed by atoms with Crippen LogP contribution in [0.1, 0.15) is 0 Å². The topological polar surface area (TPSA) is 12.9 Å². The molecule has 0 saturated carbocycles. The third-order valence-corrected chi connectivity index (χ3v) is 0.566. The second-order valence-electron chi connectivity index (χ2n) is 1.02. The summed E-state index contributed by atoms with van der Waals surface area (Å²) in [4.78, 5) is 3.78. The van der Waals surface area contributed by atoms with Gasteiger partial charge in [-0.3, -0.25) is 4.98 Å². The predicted molar refractivity (Wildman–Crippen MR) is 24.2 cm³/mol. The Morgan fingerprint density at radius 3 is 1.20 bits per heavy atom. The van der Waals surface area contributed by atoms with Crippen LogP contribution in [0.3, 0.4) is 0 Å². The molecule has 0 aliphatic rings. The Kier molecular flexibility index (Phi) is 36.8. The minimum atomic E-state index is 0. The molecule has 0 saturated heterocycles. The van der Waals surface area contributed by atoms with Crippen molar-refractivity contribution in [3.8, 4) is 0 Å². The van der Waals surface area contributed by atoms with Gasteiger partial charge in [0.1, 0.15) is 0 Å². The number of hydrogen-bond donors (Lipinski definition) is 0. The van der Waals surface area contributed by atoms with Crippen LogP contribution in [0.25, 0.3) is 0 Å². The average molecular weight is 382 g/mol. The molecule has 0 aromatic carbocycles. The van der Waals surface area contributed by atoms with Gasteiger partial charge in [0.05, 0.1) is 0 Å². The standard InChI is InChI=1S/C5H5N.Au.3ClH/c1-2-4-6-5-3-1;;;;/h1-5H;;3*1H/q;+3;;;/p-3. The fraction of sp³-hybridized carbons (Fsp3) is 0. The summed E-state index contributed by atoms with van der Waals surface area (Å²) in [6.45, 7) is 0. The van der Waals surface area contributed by atoms with E-state index in [2.05, 4.69) is 4.98 Å². The molecule has 1 heterocycles. The van der Waals surface area contributed by atoms with Crippen molar-refractivity contribution in [2.24, 2.45) is 0 Å². The number of aromatic nitrogens is 1. The van der Waals surface area contributed by atoms with E-state index in [0.717, 1.165) is 0 Å². The minimum Gasteiger partial charge on any atom is -1.00 e. The van der Waals surface area contributed by atoms with Gasteiger partial charge in [0.15, 0.2) is 0 Å². The molecular formula is C5H5AuCl3N. The van der Waals surface area contributed by atoms with Gasteiger partial charge >= 0.3 is 22.4 Å². The number of rotatable bonds is 0. The van der Waals surface area contributed by atoms with Gasteiger partial charge in [-0.05, 0) is 12.1 Å². The SMILES string of the molecule is [Au+3].[Cl-].[Cl-].[Cl-].c1ccncc1. The fourth-order valence-corrected chi connectivity index (χ4v) is 0.313. The molecule has 0 N–H and O–H groups in total. The van der Waals surface area contributed by atoms with Crippen molar-refractivity contribution in [3.63, 3.8) is 0 Å². The number of hydrogen-bond acceptors (Lipinski definition) is 1. The molecular weight excluding hydrogens is 377 g/mol. The molecule has 0 bridgehead atoms. The van der Waals surface area contributed by atoms with Crippen molar-refractivity contribution in [1.82, 2.24) is 4.98 Å². The molecule has 62 valence electrons. The van der Waals surface area contributed by atoms with Crippen LogP contribution in [0.2, 0.25) is 0 Å². The van der Waals surface area contributed by atoms with Crippen molar-refractivity contribution < 1.29 is 59.6 Å². The Morgan fingerprint density at radius 1 is 0.700 bits per heavy atom. The molecule has 0 atom stereocenters. The van der Waals surface area contributed by atoms with Crippen LogP contribution < -0.4 is 37.2 Å². The summed E-state index contributed by atoms with van der Waals surface area (Å²) in [5, 5.41) is 0. The van der Waals surface area contributed by atoms with Crippen molar-refractivity contribution in [2.45, 2.75) is 0 Å². The van der Waals surface area contributed by atoms with Crippen molar-refractivity contribution >= 4 is 0 Å². The molecule has 1 nitrogen and oxygen atoms in total. The summed E-state index contributed by atoms with van der Waals surface area (Å²) < 4.78 is 0. The van der Waals surface area contributed by atoms with E-state index in [1.165, 1.54) is 0 Å². The second-order valence-corrected chi connectivity index (χ2v) is 1.02. The van der Waals surface area contributed by atoms with E-state index in [-0.39, 0.29) is 59.6 Å². The average Bonchev–Trinajstić information content (AvgIpc) is 1.72. The third-order valence-electron chi connectivity index (χ3n) is 0.566. The van der Waals surface area contributed by atoms with E-state index >= 15 is 0 Å². The largest absolute Gasteiger partial charge is 3.00 e. The smallest absolute Gasteiger partial charge is 1.00 e. The molecule has 0 aliphatic heterocycles. The normalized spacial score (nSPS) is 4.80. The van der Waals surface area contributed by atoms with Crippen LogP contribution in [0.4, 0.5) is 0 Å². The van der Waals surface area contributed by atoms with E-state index in [1.807, 2.05) is 18.2 Å². The summed E-state index contributed by atoms with van der Waals surface area (Å²) in [5.74, 6) is 0. The number of nitrogens with zero attached hydrogens (tertiary/aromatic N) is 1. The second kappa shape index (κ2) is 16.4. The van der Waals surface area contributed by atoms with Crippen molar-refractivity contribution in [3.05, 3.63) is 30.6 Å². The Balaban J connectivity index is -0.0000000450. The van der Waals surface area contributed by atoms with Gasteiger partial charge in [0, 0.05) is 12.4 Å². The van der Waals surface area contributed by atoms with E-state index in [1.54, 1.807) is 12.4 Å². The minimum absolute atomic E-state index is 0. The first-order valence-corrected chi connectivity index (χ1v) is 1.85. The van der Waals surface area contributed by atoms with Crippen LogP contribution in [0.15, 0.2) is 30.6 Å². The molecule has 1 aromatic heterocycles. The molecule has 0 unspecified atom stereocenters.